The van der Waals surface area contributed by atoms with Crippen LogP contribution in [-0.4, -0.2) is 31.8 Å². The molecule has 3 heterocycles. The lowest BCUT2D eigenvalue weighted by Gasteiger charge is -2.27. The maximum Gasteiger partial charge on any atom is 0.276 e. The first-order chi connectivity index (χ1) is 15.1. The summed E-state index contributed by atoms with van der Waals surface area (Å²) in [4.78, 5) is 17.2. The van der Waals surface area contributed by atoms with Crippen LogP contribution in [0.1, 0.15) is 23.0 Å². The highest BCUT2D eigenvalue weighted by Gasteiger charge is 2.36. The minimum Gasteiger partial charge on any atom is -0.488 e. The fourth-order valence-electron chi connectivity index (χ4n) is 3.50. The molecular weight excluding hydrogens is 462 g/mol. The van der Waals surface area contributed by atoms with E-state index < -0.39 is 34.1 Å². The van der Waals surface area contributed by atoms with Crippen LogP contribution in [0.3, 0.4) is 0 Å². The SMILES string of the molecule is Cn1cc2c(c1C(=O)Nc1ccc(F)c(F)c1)OCC(C)(Cc1ccnc(Cl)c1)NS2=O. The molecule has 0 radical (unpaired) electrons. The number of nitrogens with zero attached hydrogens (tertiary/aromatic N) is 2. The zero-order valence-electron chi connectivity index (χ0n) is 17.1. The molecule has 1 amide bonds. The third kappa shape index (κ3) is 4.52. The molecule has 0 spiro atoms. The van der Waals surface area contributed by atoms with Crippen molar-refractivity contribution in [3.63, 3.8) is 0 Å². The van der Waals surface area contributed by atoms with Gasteiger partial charge in [-0.1, -0.05) is 11.6 Å². The smallest absolute Gasteiger partial charge is 0.276 e. The van der Waals surface area contributed by atoms with Gasteiger partial charge in [0, 0.05) is 31.2 Å². The highest BCUT2D eigenvalue weighted by Crippen LogP contribution is 2.34. The number of amides is 1. The number of halogens is 3. The largest absolute Gasteiger partial charge is 0.488 e. The lowest BCUT2D eigenvalue weighted by molar-refractivity contribution is 0.101. The van der Waals surface area contributed by atoms with E-state index in [9.17, 15) is 17.8 Å². The van der Waals surface area contributed by atoms with Crippen molar-refractivity contribution in [2.45, 2.75) is 23.8 Å². The molecule has 1 aromatic carbocycles. The monoisotopic (exact) mass is 480 g/mol. The number of fused-ring (bicyclic) bond motifs is 1. The van der Waals surface area contributed by atoms with E-state index in [0.717, 1.165) is 17.7 Å². The van der Waals surface area contributed by atoms with Gasteiger partial charge in [0.1, 0.15) is 27.6 Å². The normalized spacial score (nSPS) is 20.2. The molecule has 0 saturated carbocycles. The number of aromatic nitrogens is 2. The first-order valence-corrected chi connectivity index (χ1v) is 11.1. The third-order valence-corrected chi connectivity index (χ3v) is 6.53. The van der Waals surface area contributed by atoms with E-state index in [1.54, 1.807) is 25.4 Å². The van der Waals surface area contributed by atoms with Crippen LogP contribution in [0.2, 0.25) is 5.15 Å². The number of hydrogen-bond donors (Lipinski definition) is 2. The summed E-state index contributed by atoms with van der Waals surface area (Å²) in [5.74, 6) is -2.55. The van der Waals surface area contributed by atoms with Crippen molar-refractivity contribution >= 4 is 34.2 Å². The van der Waals surface area contributed by atoms with Gasteiger partial charge in [0.05, 0.1) is 5.54 Å². The summed E-state index contributed by atoms with van der Waals surface area (Å²) in [6.07, 6.45) is 3.58. The molecule has 1 aliphatic heterocycles. The molecule has 7 nitrogen and oxygen atoms in total. The number of benzene rings is 1. The second-order valence-electron chi connectivity index (χ2n) is 7.75. The van der Waals surface area contributed by atoms with Gasteiger partial charge >= 0.3 is 0 Å². The highest BCUT2D eigenvalue weighted by molar-refractivity contribution is 7.83. The van der Waals surface area contributed by atoms with E-state index in [0.29, 0.717) is 16.5 Å². The molecule has 2 aromatic heterocycles. The fourth-order valence-corrected chi connectivity index (χ4v) is 4.97. The zero-order chi connectivity index (χ0) is 23.0. The zero-order valence-corrected chi connectivity index (χ0v) is 18.7. The Bertz CT molecular complexity index is 1240. The van der Waals surface area contributed by atoms with Gasteiger partial charge in [-0.3, -0.25) is 4.79 Å². The van der Waals surface area contributed by atoms with E-state index in [4.69, 9.17) is 16.3 Å². The van der Waals surface area contributed by atoms with Gasteiger partial charge < -0.3 is 14.6 Å². The van der Waals surface area contributed by atoms with Crippen molar-refractivity contribution in [1.82, 2.24) is 14.3 Å². The third-order valence-electron chi connectivity index (χ3n) is 4.95. The van der Waals surface area contributed by atoms with Crippen LogP contribution in [-0.2, 0) is 24.5 Å². The standard InChI is InChI=1S/C21H19ClF2N4O3S/c1-21(9-12-5-6-25-17(22)7-12)11-31-19-16(32(30)27-21)10-28(2)18(19)20(29)26-13-3-4-14(23)15(24)8-13/h3-8,10,27H,9,11H2,1-2H3,(H,26,29). The number of ether oxygens (including phenoxy) is 1. The second kappa shape index (κ2) is 8.61. The van der Waals surface area contributed by atoms with Gasteiger partial charge in [-0.05, 0) is 43.2 Å². The molecule has 168 valence electrons. The van der Waals surface area contributed by atoms with Crippen molar-refractivity contribution in [3.8, 4) is 5.75 Å². The van der Waals surface area contributed by atoms with Gasteiger partial charge in [0.25, 0.3) is 5.91 Å². The van der Waals surface area contributed by atoms with E-state index in [-0.39, 0.29) is 23.7 Å². The lowest BCUT2D eigenvalue weighted by Crippen LogP contribution is -2.48. The van der Waals surface area contributed by atoms with Gasteiger partial charge in [0.2, 0.25) is 0 Å². The van der Waals surface area contributed by atoms with E-state index >= 15 is 0 Å². The number of carbonyl (C=O) groups excluding carboxylic acids is 1. The minimum atomic E-state index is -1.67. The Morgan fingerprint density at radius 1 is 1.34 bits per heavy atom. The van der Waals surface area contributed by atoms with Gasteiger partial charge in [-0.2, -0.15) is 0 Å². The van der Waals surface area contributed by atoms with Gasteiger partial charge in [-0.15, -0.1) is 0 Å². The van der Waals surface area contributed by atoms with Gasteiger partial charge in [-0.25, -0.2) is 22.7 Å². The Kier molecular flexibility index (Phi) is 6.02. The number of rotatable bonds is 4. The van der Waals surface area contributed by atoms with Crippen molar-refractivity contribution in [2.75, 3.05) is 11.9 Å². The van der Waals surface area contributed by atoms with Crippen molar-refractivity contribution in [1.29, 1.82) is 0 Å². The number of pyridine rings is 1. The summed E-state index contributed by atoms with van der Waals surface area (Å²) in [6.45, 7) is 1.97. The van der Waals surface area contributed by atoms with Crippen molar-refractivity contribution < 1.29 is 22.5 Å². The molecule has 11 heteroatoms. The minimum absolute atomic E-state index is 0.0797. The van der Waals surface area contributed by atoms with E-state index in [1.165, 1.54) is 16.8 Å². The number of anilines is 1. The summed E-state index contributed by atoms with van der Waals surface area (Å²) in [5, 5.41) is 2.87. The summed E-state index contributed by atoms with van der Waals surface area (Å²) in [5.41, 5.74) is 0.338. The van der Waals surface area contributed by atoms with Gasteiger partial charge in [0.15, 0.2) is 23.1 Å². The van der Waals surface area contributed by atoms with Crippen molar-refractivity contribution in [2.24, 2.45) is 7.05 Å². The predicted octanol–water partition coefficient (Wildman–Crippen LogP) is 3.61. The van der Waals surface area contributed by atoms with Crippen LogP contribution in [0, 0.1) is 11.6 Å². The topological polar surface area (TPSA) is 85.2 Å². The number of hydrogen-bond acceptors (Lipinski definition) is 4. The molecule has 2 unspecified atom stereocenters. The number of aryl methyl sites for hydroxylation is 1. The average molecular weight is 481 g/mol. The first-order valence-electron chi connectivity index (χ1n) is 9.54. The molecule has 0 aliphatic carbocycles. The molecule has 0 fully saturated rings. The average Bonchev–Trinajstić information content (AvgIpc) is 3.00. The molecular formula is C21H19ClF2N4O3S. The Hall–Kier alpha value is -2.82. The Morgan fingerprint density at radius 2 is 2.12 bits per heavy atom. The lowest BCUT2D eigenvalue weighted by atomic mass is 9.95. The molecule has 4 rings (SSSR count). The fraction of sp³-hybridized carbons (Fsp3) is 0.238. The summed E-state index contributed by atoms with van der Waals surface area (Å²) < 4.78 is 50.2. The van der Waals surface area contributed by atoms with Crippen molar-refractivity contribution in [3.05, 3.63) is 70.8 Å². The van der Waals surface area contributed by atoms with Crippen LogP contribution in [0.25, 0.3) is 0 Å². The molecule has 0 saturated heterocycles. The maximum atomic E-state index is 13.5. The van der Waals surface area contributed by atoms with Crippen LogP contribution < -0.4 is 14.8 Å². The molecule has 3 aromatic rings. The van der Waals surface area contributed by atoms with Crippen LogP contribution in [0.15, 0.2) is 47.6 Å². The van der Waals surface area contributed by atoms with Crippen LogP contribution in [0.4, 0.5) is 14.5 Å². The number of nitrogens with one attached hydrogen (secondary N) is 2. The van der Waals surface area contributed by atoms with Crippen LogP contribution in [0.5, 0.6) is 5.75 Å². The summed E-state index contributed by atoms with van der Waals surface area (Å²) >= 11 is 5.97. The predicted molar refractivity (Wildman–Crippen MR) is 116 cm³/mol. The Morgan fingerprint density at radius 3 is 2.84 bits per heavy atom. The quantitative estimate of drug-likeness (QED) is 0.559. The molecule has 2 atom stereocenters. The highest BCUT2D eigenvalue weighted by atomic mass is 35.5. The van der Waals surface area contributed by atoms with E-state index in [1.807, 2.05) is 6.92 Å². The molecule has 2 N–H and O–H groups in total. The maximum absolute atomic E-state index is 13.5. The molecule has 32 heavy (non-hydrogen) atoms. The Labute approximate surface area is 190 Å². The summed E-state index contributed by atoms with van der Waals surface area (Å²) in [7, 11) is -0.0695. The first kappa shape index (κ1) is 22.4. The second-order valence-corrected chi connectivity index (χ2v) is 9.32. The van der Waals surface area contributed by atoms with E-state index in [2.05, 4.69) is 15.0 Å². The van der Waals surface area contributed by atoms with Crippen LogP contribution >= 0.6 is 11.6 Å². The molecule has 0 bridgehead atoms. The molecule has 1 aliphatic rings. The Balaban J connectivity index is 1.59. The summed E-state index contributed by atoms with van der Waals surface area (Å²) in [6, 6.07) is 6.57. The number of carbonyl (C=O) groups is 1.